The molecule has 0 unspecified atom stereocenters. The quantitative estimate of drug-likeness (QED) is 0.341. The van der Waals surface area contributed by atoms with Gasteiger partial charge in [-0.25, -0.2) is 0 Å². The van der Waals surface area contributed by atoms with Gasteiger partial charge in [0.2, 0.25) is 0 Å². The Morgan fingerprint density at radius 3 is 2.67 bits per heavy atom. The second-order valence-corrected chi connectivity index (χ2v) is 6.49. The van der Waals surface area contributed by atoms with Crippen molar-refractivity contribution in [1.29, 1.82) is 0 Å². The SMILES string of the molecule is NC(=NCCCOCC1CCOCC1)NCCCN1CCOCC1. The van der Waals surface area contributed by atoms with E-state index in [1.807, 2.05) is 0 Å². The fourth-order valence-electron chi connectivity index (χ4n) is 2.93. The zero-order chi connectivity index (χ0) is 16.9. The van der Waals surface area contributed by atoms with Crippen molar-refractivity contribution in [1.82, 2.24) is 10.2 Å². The first-order chi connectivity index (χ1) is 11.8. The van der Waals surface area contributed by atoms with E-state index in [4.69, 9.17) is 19.9 Å². The van der Waals surface area contributed by atoms with Gasteiger partial charge in [0.15, 0.2) is 5.96 Å². The maximum absolute atomic E-state index is 5.88. The van der Waals surface area contributed by atoms with Gasteiger partial charge in [0.05, 0.1) is 13.2 Å². The molecule has 140 valence electrons. The molecule has 2 saturated heterocycles. The zero-order valence-electron chi connectivity index (χ0n) is 14.9. The Bertz CT molecular complexity index is 343. The van der Waals surface area contributed by atoms with Gasteiger partial charge in [-0.1, -0.05) is 0 Å². The first kappa shape index (κ1) is 19.4. The van der Waals surface area contributed by atoms with Crippen LogP contribution in [0.15, 0.2) is 4.99 Å². The topological polar surface area (TPSA) is 81.3 Å². The van der Waals surface area contributed by atoms with E-state index in [0.717, 1.165) is 98.0 Å². The number of guanidine groups is 1. The number of hydrogen-bond acceptors (Lipinski definition) is 5. The highest BCUT2D eigenvalue weighted by Gasteiger charge is 2.13. The third kappa shape index (κ3) is 8.82. The van der Waals surface area contributed by atoms with Crippen molar-refractivity contribution in [3.05, 3.63) is 0 Å². The molecule has 0 spiro atoms. The molecule has 0 radical (unpaired) electrons. The van der Waals surface area contributed by atoms with Gasteiger partial charge < -0.3 is 25.3 Å². The third-order valence-electron chi connectivity index (χ3n) is 4.48. The predicted molar refractivity (Wildman–Crippen MR) is 95.3 cm³/mol. The minimum absolute atomic E-state index is 0.543. The van der Waals surface area contributed by atoms with Crippen molar-refractivity contribution >= 4 is 5.96 Å². The minimum Gasteiger partial charge on any atom is -0.381 e. The summed E-state index contributed by atoms with van der Waals surface area (Å²) in [5.41, 5.74) is 5.88. The van der Waals surface area contributed by atoms with Gasteiger partial charge in [0.25, 0.3) is 0 Å². The second kappa shape index (κ2) is 12.5. The van der Waals surface area contributed by atoms with Gasteiger partial charge in [0, 0.05) is 52.6 Å². The first-order valence-electron chi connectivity index (χ1n) is 9.34. The van der Waals surface area contributed by atoms with Crippen LogP contribution < -0.4 is 11.1 Å². The van der Waals surface area contributed by atoms with Crippen molar-refractivity contribution in [3.8, 4) is 0 Å². The number of aliphatic imine (C=N–C) groups is 1. The number of morpholine rings is 1. The summed E-state index contributed by atoms with van der Waals surface area (Å²) in [6.45, 7) is 9.83. The number of nitrogens with one attached hydrogen (secondary N) is 1. The fourth-order valence-corrected chi connectivity index (χ4v) is 2.93. The zero-order valence-corrected chi connectivity index (χ0v) is 14.9. The second-order valence-electron chi connectivity index (χ2n) is 6.49. The molecule has 24 heavy (non-hydrogen) atoms. The van der Waals surface area contributed by atoms with Gasteiger partial charge in [-0.15, -0.1) is 0 Å². The predicted octanol–water partition coefficient (Wildman–Crippen LogP) is 0.446. The van der Waals surface area contributed by atoms with Crippen LogP contribution >= 0.6 is 0 Å². The van der Waals surface area contributed by atoms with Crippen LogP contribution in [-0.4, -0.2) is 83.2 Å². The van der Waals surface area contributed by atoms with Crippen molar-refractivity contribution in [2.75, 3.05) is 72.4 Å². The van der Waals surface area contributed by atoms with E-state index in [1.165, 1.54) is 0 Å². The molecule has 0 aromatic rings. The standard InChI is InChI=1S/C17H34N4O3/c18-17(19-5-1-7-21-8-13-23-14-9-21)20-6-2-10-24-15-16-3-11-22-12-4-16/h16H,1-15H2,(H3,18,19,20). The molecule has 2 rings (SSSR count). The van der Waals surface area contributed by atoms with Crippen LogP contribution in [0.3, 0.4) is 0 Å². The molecule has 0 bridgehead atoms. The average Bonchev–Trinajstić information content (AvgIpc) is 2.63. The maximum Gasteiger partial charge on any atom is 0.188 e. The molecular formula is C17H34N4O3. The molecule has 2 fully saturated rings. The van der Waals surface area contributed by atoms with E-state index in [9.17, 15) is 0 Å². The molecule has 0 aliphatic carbocycles. The highest BCUT2D eigenvalue weighted by Crippen LogP contribution is 2.14. The Kier molecular flexibility index (Phi) is 10.1. The van der Waals surface area contributed by atoms with E-state index in [2.05, 4.69) is 15.2 Å². The van der Waals surface area contributed by atoms with Gasteiger partial charge in [0.1, 0.15) is 0 Å². The van der Waals surface area contributed by atoms with Crippen molar-refractivity contribution in [2.24, 2.45) is 16.6 Å². The number of rotatable bonds is 10. The van der Waals surface area contributed by atoms with Crippen LogP contribution in [0, 0.1) is 5.92 Å². The van der Waals surface area contributed by atoms with Crippen molar-refractivity contribution < 1.29 is 14.2 Å². The maximum atomic E-state index is 5.88. The lowest BCUT2D eigenvalue weighted by Crippen LogP contribution is -2.39. The van der Waals surface area contributed by atoms with Crippen LogP contribution in [0.2, 0.25) is 0 Å². The monoisotopic (exact) mass is 342 g/mol. The summed E-state index contributed by atoms with van der Waals surface area (Å²) >= 11 is 0. The van der Waals surface area contributed by atoms with Crippen LogP contribution in [0.4, 0.5) is 0 Å². The summed E-state index contributed by atoms with van der Waals surface area (Å²) < 4.78 is 16.4. The fraction of sp³-hybridized carbons (Fsp3) is 0.941. The summed E-state index contributed by atoms with van der Waals surface area (Å²) in [5, 5.41) is 3.18. The molecule has 0 atom stereocenters. The van der Waals surface area contributed by atoms with Gasteiger partial charge in [-0.2, -0.15) is 0 Å². The van der Waals surface area contributed by atoms with E-state index in [1.54, 1.807) is 0 Å². The Morgan fingerprint density at radius 1 is 1.12 bits per heavy atom. The van der Waals surface area contributed by atoms with Crippen molar-refractivity contribution in [2.45, 2.75) is 25.7 Å². The van der Waals surface area contributed by atoms with Crippen LogP contribution in [0.1, 0.15) is 25.7 Å². The smallest absolute Gasteiger partial charge is 0.188 e. The molecule has 0 amide bonds. The Labute approximate surface area is 145 Å². The summed E-state index contributed by atoms with van der Waals surface area (Å²) in [4.78, 5) is 6.77. The lowest BCUT2D eigenvalue weighted by Gasteiger charge is -2.26. The molecule has 0 aromatic heterocycles. The van der Waals surface area contributed by atoms with Gasteiger partial charge >= 0.3 is 0 Å². The highest BCUT2D eigenvalue weighted by atomic mass is 16.5. The third-order valence-corrected chi connectivity index (χ3v) is 4.48. The van der Waals surface area contributed by atoms with Crippen LogP contribution in [0.25, 0.3) is 0 Å². The molecule has 2 aliphatic heterocycles. The van der Waals surface area contributed by atoms with Gasteiger partial charge in [-0.3, -0.25) is 9.89 Å². The molecule has 7 heteroatoms. The Hall–Kier alpha value is -0.890. The normalized spacial score (nSPS) is 21.1. The lowest BCUT2D eigenvalue weighted by molar-refractivity contribution is 0.0205. The highest BCUT2D eigenvalue weighted by molar-refractivity contribution is 5.77. The van der Waals surface area contributed by atoms with E-state index in [0.29, 0.717) is 11.9 Å². The van der Waals surface area contributed by atoms with Gasteiger partial charge in [-0.05, 0) is 38.1 Å². The van der Waals surface area contributed by atoms with Crippen LogP contribution in [-0.2, 0) is 14.2 Å². The average molecular weight is 342 g/mol. The molecule has 2 aliphatic rings. The Balaban J connectivity index is 1.39. The number of hydrogen-bond donors (Lipinski definition) is 2. The lowest BCUT2D eigenvalue weighted by atomic mass is 10.0. The van der Waals surface area contributed by atoms with E-state index < -0.39 is 0 Å². The molecule has 0 aromatic carbocycles. The summed E-state index contributed by atoms with van der Waals surface area (Å²) in [5.74, 6) is 1.21. The molecule has 2 heterocycles. The first-order valence-corrected chi connectivity index (χ1v) is 9.34. The van der Waals surface area contributed by atoms with Crippen molar-refractivity contribution in [3.63, 3.8) is 0 Å². The van der Waals surface area contributed by atoms with Crippen LogP contribution in [0.5, 0.6) is 0 Å². The summed E-state index contributed by atoms with van der Waals surface area (Å²) in [6, 6.07) is 0. The summed E-state index contributed by atoms with van der Waals surface area (Å²) in [7, 11) is 0. The number of nitrogens with two attached hydrogens (primary N) is 1. The Morgan fingerprint density at radius 2 is 1.88 bits per heavy atom. The molecule has 3 N–H and O–H groups in total. The number of nitrogens with zero attached hydrogens (tertiary/aromatic N) is 2. The minimum atomic E-state index is 0.543. The largest absolute Gasteiger partial charge is 0.381 e. The number of ether oxygens (including phenoxy) is 3. The molecular weight excluding hydrogens is 308 g/mol. The van der Waals surface area contributed by atoms with E-state index >= 15 is 0 Å². The molecule has 7 nitrogen and oxygen atoms in total. The molecule has 0 saturated carbocycles. The summed E-state index contributed by atoms with van der Waals surface area (Å²) in [6.07, 6.45) is 4.24. The van der Waals surface area contributed by atoms with E-state index in [-0.39, 0.29) is 0 Å².